The van der Waals surface area contributed by atoms with Gasteiger partial charge in [0.2, 0.25) is 11.8 Å². The number of aliphatic hydroxyl groups excluding tert-OH is 1. The lowest BCUT2D eigenvalue weighted by Crippen LogP contribution is -2.68. The number of aliphatic hydroxyl groups is 1. The van der Waals surface area contributed by atoms with Crippen LogP contribution in [0, 0.1) is 0 Å². The predicted octanol–water partition coefficient (Wildman–Crippen LogP) is 0.0748. The average molecular weight is 348 g/mol. The van der Waals surface area contributed by atoms with Gasteiger partial charge >= 0.3 is 0 Å². The Hall–Kier alpha value is -1.86. The maximum atomic E-state index is 12.9. The molecular formula is C18H28N4O3. The summed E-state index contributed by atoms with van der Waals surface area (Å²) >= 11 is 0. The van der Waals surface area contributed by atoms with Crippen LogP contribution in [0.2, 0.25) is 0 Å². The van der Waals surface area contributed by atoms with Crippen LogP contribution in [0.5, 0.6) is 0 Å². The first-order valence-electron chi connectivity index (χ1n) is 9.08. The van der Waals surface area contributed by atoms with Gasteiger partial charge in [0.1, 0.15) is 5.54 Å². The van der Waals surface area contributed by atoms with E-state index in [9.17, 15) is 14.7 Å². The summed E-state index contributed by atoms with van der Waals surface area (Å²) in [7, 11) is 2.00. The minimum absolute atomic E-state index is 0.00507. The molecule has 7 heteroatoms. The Bertz CT molecular complexity index is 593. The molecule has 0 radical (unpaired) electrons. The van der Waals surface area contributed by atoms with Crippen molar-refractivity contribution >= 4 is 11.8 Å². The molecule has 0 unspecified atom stereocenters. The molecule has 7 nitrogen and oxygen atoms in total. The third-order valence-electron chi connectivity index (χ3n) is 5.71. The van der Waals surface area contributed by atoms with Crippen LogP contribution in [-0.2, 0) is 16.0 Å². The first-order chi connectivity index (χ1) is 12.1. The lowest BCUT2D eigenvalue weighted by molar-refractivity contribution is -0.157. The van der Waals surface area contributed by atoms with E-state index >= 15 is 0 Å². The highest BCUT2D eigenvalue weighted by Crippen LogP contribution is 2.33. The van der Waals surface area contributed by atoms with Crippen LogP contribution in [0.4, 0.5) is 0 Å². The Labute approximate surface area is 148 Å². The Morgan fingerprint density at radius 1 is 1.28 bits per heavy atom. The zero-order chi connectivity index (χ0) is 17.9. The van der Waals surface area contributed by atoms with Gasteiger partial charge in [0.25, 0.3) is 0 Å². The molecule has 0 aromatic carbocycles. The van der Waals surface area contributed by atoms with Crippen LogP contribution in [0.25, 0.3) is 0 Å². The summed E-state index contributed by atoms with van der Waals surface area (Å²) in [6, 6.07) is 3.93. The SMILES string of the molecule is CN1CCN(CCO)C(=O)C12CCN(C(=O)CCc1ccc[nH]1)CC2. The monoisotopic (exact) mass is 348 g/mol. The second kappa shape index (κ2) is 7.58. The number of nitrogens with zero attached hydrogens (tertiary/aromatic N) is 3. The van der Waals surface area contributed by atoms with E-state index in [0.29, 0.717) is 45.4 Å². The molecule has 25 heavy (non-hydrogen) atoms. The van der Waals surface area contributed by atoms with Gasteiger partial charge in [-0.3, -0.25) is 14.5 Å². The van der Waals surface area contributed by atoms with Gasteiger partial charge in [-0.05, 0) is 38.4 Å². The van der Waals surface area contributed by atoms with Gasteiger partial charge in [-0.25, -0.2) is 0 Å². The second-order valence-electron chi connectivity index (χ2n) is 7.05. The second-order valence-corrected chi connectivity index (χ2v) is 7.05. The van der Waals surface area contributed by atoms with E-state index in [1.165, 1.54) is 0 Å². The molecule has 3 rings (SSSR count). The van der Waals surface area contributed by atoms with Crippen molar-refractivity contribution in [2.75, 3.05) is 46.4 Å². The number of aryl methyl sites for hydroxylation is 1. The van der Waals surface area contributed by atoms with Gasteiger partial charge in [0.15, 0.2) is 0 Å². The van der Waals surface area contributed by atoms with Crippen molar-refractivity contribution in [1.29, 1.82) is 0 Å². The minimum atomic E-state index is -0.510. The molecule has 138 valence electrons. The highest BCUT2D eigenvalue weighted by molar-refractivity contribution is 5.88. The topological polar surface area (TPSA) is 79.9 Å². The number of amides is 2. The van der Waals surface area contributed by atoms with Gasteiger partial charge < -0.3 is 19.9 Å². The smallest absolute Gasteiger partial charge is 0.243 e. The predicted molar refractivity (Wildman–Crippen MR) is 94.0 cm³/mol. The van der Waals surface area contributed by atoms with Crippen molar-refractivity contribution in [3.63, 3.8) is 0 Å². The molecule has 2 N–H and O–H groups in total. The lowest BCUT2D eigenvalue weighted by atomic mass is 9.82. The molecule has 2 amide bonds. The number of carbonyl (C=O) groups excluding carboxylic acids is 2. The molecule has 1 aromatic rings. The fourth-order valence-corrected chi connectivity index (χ4v) is 4.02. The third kappa shape index (κ3) is 3.57. The number of piperazine rings is 1. The maximum absolute atomic E-state index is 12.9. The molecule has 0 bridgehead atoms. The lowest BCUT2D eigenvalue weighted by Gasteiger charge is -2.51. The zero-order valence-electron chi connectivity index (χ0n) is 14.9. The van der Waals surface area contributed by atoms with E-state index in [1.54, 1.807) is 4.90 Å². The number of hydrogen-bond acceptors (Lipinski definition) is 4. The molecular weight excluding hydrogens is 320 g/mol. The van der Waals surface area contributed by atoms with Crippen LogP contribution in [0.15, 0.2) is 18.3 Å². The number of piperidine rings is 1. The van der Waals surface area contributed by atoms with Gasteiger partial charge in [-0.15, -0.1) is 0 Å². The molecule has 0 aliphatic carbocycles. The van der Waals surface area contributed by atoms with Crippen molar-refractivity contribution in [3.05, 3.63) is 24.0 Å². The third-order valence-corrected chi connectivity index (χ3v) is 5.71. The van der Waals surface area contributed by atoms with Gasteiger partial charge in [-0.2, -0.15) is 0 Å². The number of β-amino-alcohol motifs (C(OH)–C–C–N with tert-alkyl or cyclic N) is 1. The molecule has 2 fully saturated rings. The van der Waals surface area contributed by atoms with E-state index in [2.05, 4.69) is 9.88 Å². The van der Waals surface area contributed by atoms with Crippen LogP contribution in [0.3, 0.4) is 0 Å². The minimum Gasteiger partial charge on any atom is -0.395 e. The summed E-state index contributed by atoms with van der Waals surface area (Å²) in [5, 5.41) is 9.18. The quantitative estimate of drug-likeness (QED) is 0.790. The highest BCUT2D eigenvalue weighted by Gasteiger charge is 2.49. The largest absolute Gasteiger partial charge is 0.395 e. The molecule has 0 saturated carbocycles. The van der Waals surface area contributed by atoms with Crippen LogP contribution < -0.4 is 0 Å². The van der Waals surface area contributed by atoms with E-state index in [1.807, 2.05) is 30.3 Å². The van der Waals surface area contributed by atoms with Crippen molar-refractivity contribution in [2.45, 2.75) is 31.2 Å². The highest BCUT2D eigenvalue weighted by atomic mass is 16.3. The number of aromatic amines is 1. The fraction of sp³-hybridized carbons (Fsp3) is 0.667. The van der Waals surface area contributed by atoms with Crippen LogP contribution >= 0.6 is 0 Å². The standard InChI is InChI=1S/C18H28N4O3/c1-20-11-12-22(13-14-23)17(25)18(20)6-9-21(10-7-18)16(24)5-4-15-3-2-8-19-15/h2-3,8,19,23H,4-7,9-14H2,1H3. The Kier molecular flexibility index (Phi) is 5.44. The van der Waals surface area contributed by atoms with E-state index in [-0.39, 0.29) is 18.4 Å². The normalized spacial score (nSPS) is 21.1. The summed E-state index contributed by atoms with van der Waals surface area (Å²) in [6.45, 7) is 3.10. The fourth-order valence-electron chi connectivity index (χ4n) is 4.02. The van der Waals surface area contributed by atoms with Crippen molar-refractivity contribution in [3.8, 4) is 0 Å². The Balaban J connectivity index is 1.57. The first kappa shape index (κ1) is 17.9. The van der Waals surface area contributed by atoms with Crippen molar-refractivity contribution in [2.24, 2.45) is 0 Å². The maximum Gasteiger partial charge on any atom is 0.243 e. The van der Waals surface area contributed by atoms with Crippen LogP contribution in [0.1, 0.15) is 25.0 Å². The van der Waals surface area contributed by atoms with Gasteiger partial charge in [0.05, 0.1) is 6.61 Å². The molecule has 2 saturated heterocycles. The van der Waals surface area contributed by atoms with Crippen molar-refractivity contribution in [1.82, 2.24) is 19.7 Å². The average Bonchev–Trinajstić information content (AvgIpc) is 3.15. The number of H-pyrrole nitrogens is 1. The molecule has 3 heterocycles. The van der Waals surface area contributed by atoms with Gasteiger partial charge in [0, 0.05) is 51.0 Å². The number of nitrogens with one attached hydrogen (secondary N) is 1. The summed E-state index contributed by atoms with van der Waals surface area (Å²) in [6.07, 6.45) is 4.41. The number of likely N-dealkylation sites (N-methyl/N-ethyl adjacent to an activating group) is 1. The van der Waals surface area contributed by atoms with Crippen LogP contribution in [-0.4, -0.2) is 88.5 Å². The zero-order valence-corrected chi connectivity index (χ0v) is 14.9. The molecule has 2 aliphatic heterocycles. The number of likely N-dealkylation sites (tertiary alicyclic amines) is 1. The Morgan fingerprint density at radius 3 is 2.68 bits per heavy atom. The molecule has 2 aliphatic rings. The Morgan fingerprint density at radius 2 is 2.04 bits per heavy atom. The number of carbonyl (C=O) groups is 2. The molecule has 1 spiro atoms. The summed E-state index contributed by atoms with van der Waals surface area (Å²) < 4.78 is 0. The van der Waals surface area contributed by atoms with Gasteiger partial charge in [-0.1, -0.05) is 0 Å². The van der Waals surface area contributed by atoms with E-state index in [4.69, 9.17) is 0 Å². The van der Waals surface area contributed by atoms with E-state index < -0.39 is 5.54 Å². The number of rotatable bonds is 5. The summed E-state index contributed by atoms with van der Waals surface area (Å²) in [5.74, 6) is 0.261. The molecule has 1 aromatic heterocycles. The first-order valence-corrected chi connectivity index (χ1v) is 9.08. The van der Waals surface area contributed by atoms with Crippen molar-refractivity contribution < 1.29 is 14.7 Å². The summed E-state index contributed by atoms with van der Waals surface area (Å²) in [4.78, 5) is 34.3. The summed E-state index contributed by atoms with van der Waals surface area (Å²) in [5.41, 5.74) is 0.563. The number of aromatic nitrogens is 1. The molecule has 0 atom stereocenters. The van der Waals surface area contributed by atoms with E-state index in [0.717, 1.165) is 18.7 Å². The number of hydrogen-bond donors (Lipinski definition) is 2.